The Bertz CT molecular complexity index is 461. The number of halogens is 3. The molecule has 0 aliphatic heterocycles. The lowest BCUT2D eigenvalue weighted by atomic mass is 9.83. The number of alkyl halides is 3. The largest absolute Gasteiger partial charge is 0.497 e. The molecule has 2 rings (SSSR count). The topological polar surface area (TPSA) is 21.3 Å². The molecule has 0 aromatic heterocycles. The Morgan fingerprint density at radius 3 is 2.62 bits per heavy atom. The van der Waals surface area contributed by atoms with Gasteiger partial charge >= 0.3 is 6.18 Å². The zero-order chi connectivity index (χ0) is 15.5. The SMILES string of the molecule is COc1cccc([C@@H](C)NC2CCCCC2C(F)(F)F)c1. The highest BCUT2D eigenvalue weighted by molar-refractivity contribution is 5.30. The number of methoxy groups -OCH3 is 1. The Labute approximate surface area is 123 Å². The lowest BCUT2D eigenvalue weighted by Crippen LogP contribution is -2.46. The van der Waals surface area contributed by atoms with Gasteiger partial charge in [-0.1, -0.05) is 25.0 Å². The summed E-state index contributed by atoms with van der Waals surface area (Å²) in [6, 6.07) is 6.83. The van der Waals surface area contributed by atoms with E-state index in [9.17, 15) is 13.2 Å². The van der Waals surface area contributed by atoms with Gasteiger partial charge in [-0.2, -0.15) is 13.2 Å². The summed E-state index contributed by atoms with van der Waals surface area (Å²) in [5.41, 5.74) is 0.945. The lowest BCUT2D eigenvalue weighted by molar-refractivity contribution is -0.189. The van der Waals surface area contributed by atoms with Crippen molar-refractivity contribution in [3.05, 3.63) is 29.8 Å². The van der Waals surface area contributed by atoms with Crippen molar-refractivity contribution in [2.75, 3.05) is 7.11 Å². The van der Waals surface area contributed by atoms with Crippen molar-refractivity contribution in [2.24, 2.45) is 5.92 Å². The molecule has 118 valence electrons. The van der Waals surface area contributed by atoms with Crippen molar-refractivity contribution in [1.29, 1.82) is 0 Å². The Morgan fingerprint density at radius 2 is 1.95 bits per heavy atom. The molecule has 2 unspecified atom stereocenters. The summed E-state index contributed by atoms with van der Waals surface area (Å²) in [7, 11) is 1.58. The number of hydrogen-bond acceptors (Lipinski definition) is 2. The van der Waals surface area contributed by atoms with Gasteiger partial charge < -0.3 is 10.1 Å². The maximum absolute atomic E-state index is 13.1. The number of benzene rings is 1. The van der Waals surface area contributed by atoms with Gasteiger partial charge in [0.1, 0.15) is 5.75 Å². The average Bonchev–Trinajstić information content (AvgIpc) is 2.46. The van der Waals surface area contributed by atoms with Crippen molar-refractivity contribution >= 4 is 0 Å². The third kappa shape index (κ3) is 4.13. The Morgan fingerprint density at radius 1 is 1.24 bits per heavy atom. The van der Waals surface area contributed by atoms with E-state index in [1.165, 1.54) is 0 Å². The van der Waals surface area contributed by atoms with Gasteiger partial charge in [-0.3, -0.25) is 0 Å². The van der Waals surface area contributed by atoms with Crippen LogP contribution in [0.3, 0.4) is 0 Å². The molecule has 1 fully saturated rings. The van der Waals surface area contributed by atoms with E-state index in [1.54, 1.807) is 7.11 Å². The molecule has 2 nitrogen and oxygen atoms in total. The third-order valence-electron chi connectivity index (χ3n) is 4.24. The molecule has 1 aromatic carbocycles. The lowest BCUT2D eigenvalue weighted by Gasteiger charge is -2.35. The van der Waals surface area contributed by atoms with Gasteiger partial charge in [-0.25, -0.2) is 0 Å². The van der Waals surface area contributed by atoms with Crippen molar-refractivity contribution in [3.8, 4) is 5.75 Å². The standard InChI is InChI=1S/C16H22F3NO/c1-11(12-6-5-7-13(10-12)21-2)20-15-9-4-3-8-14(15)16(17,18)19/h5-7,10-11,14-15,20H,3-4,8-9H2,1-2H3/t11-,14?,15?/m1/s1. The molecular weight excluding hydrogens is 279 g/mol. The second kappa shape index (κ2) is 6.69. The number of ether oxygens (including phenoxy) is 1. The Hall–Kier alpha value is -1.23. The maximum atomic E-state index is 13.1. The highest BCUT2D eigenvalue weighted by Gasteiger charge is 2.45. The average molecular weight is 301 g/mol. The van der Waals surface area contributed by atoms with Crippen molar-refractivity contribution in [2.45, 2.75) is 50.9 Å². The van der Waals surface area contributed by atoms with Gasteiger partial charge in [-0.05, 0) is 37.5 Å². The van der Waals surface area contributed by atoms with E-state index in [4.69, 9.17) is 4.74 Å². The molecular formula is C16H22F3NO. The van der Waals surface area contributed by atoms with E-state index in [0.29, 0.717) is 12.8 Å². The van der Waals surface area contributed by atoms with Gasteiger partial charge in [0.25, 0.3) is 0 Å². The molecule has 3 atom stereocenters. The van der Waals surface area contributed by atoms with E-state index >= 15 is 0 Å². The van der Waals surface area contributed by atoms with Crippen LogP contribution in [-0.2, 0) is 0 Å². The van der Waals surface area contributed by atoms with Gasteiger partial charge in [0.15, 0.2) is 0 Å². The van der Waals surface area contributed by atoms with Crippen LogP contribution in [0.1, 0.15) is 44.2 Å². The van der Waals surface area contributed by atoms with E-state index in [2.05, 4.69) is 5.32 Å². The minimum Gasteiger partial charge on any atom is -0.497 e. The van der Waals surface area contributed by atoms with Crippen LogP contribution in [-0.4, -0.2) is 19.3 Å². The normalized spacial score (nSPS) is 24.6. The summed E-state index contributed by atoms with van der Waals surface area (Å²) >= 11 is 0. The number of nitrogens with one attached hydrogen (secondary N) is 1. The molecule has 0 heterocycles. The summed E-state index contributed by atoms with van der Waals surface area (Å²) in [5.74, 6) is -0.517. The van der Waals surface area contributed by atoms with E-state index in [1.807, 2.05) is 31.2 Å². The predicted octanol–water partition coefficient (Wildman–Crippen LogP) is 4.47. The minimum absolute atomic E-state index is 0.131. The van der Waals surface area contributed by atoms with Gasteiger partial charge in [0, 0.05) is 12.1 Å². The molecule has 0 saturated heterocycles. The molecule has 1 saturated carbocycles. The first kappa shape index (κ1) is 16.1. The quantitative estimate of drug-likeness (QED) is 0.886. The Kier molecular flexibility index (Phi) is 5.14. The fourth-order valence-electron chi connectivity index (χ4n) is 3.05. The fourth-order valence-corrected chi connectivity index (χ4v) is 3.05. The molecule has 0 radical (unpaired) electrons. The van der Waals surface area contributed by atoms with Crippen molar-refractivity contribution < 1.29 is 17.9 Å². The van der Waals surface area contributed by atoms with Crippen LogP contribution >= 0.6 is 0 Å². The second-order valence-corrected chi connectivity index (χ2v) is 5.70. The number of hydrogen-bond donors (Lipinski definition) is 1. The zero-order valence-electron chi connectivity index (χ0n) is 12.4. The first-order chi connectivity index (χ1) is 9.91. The third-order valence-corrected chi connectivity index (χ3v) is 4.24. The molecule has 21 heavy (non-hydrogen) atoms. The predicted molar refractivity (Wildman–Crippen MR) is 76.3 cm³/mol. The van der Waals surface area contributed by atoms with Crippen LogP contribution in [0.15, 0.2) is 24.3 Å². The molecule has 1 aromatic rings. The van der Waals surface area contributed by atoms with E-state index in [-0.39, 0.29) is 12.5 Å². The summed E-state index contributed by atoms with van der Waals surface area (Å²) in [6.07, 6.45) is -1.79. The summed E-state index contributed by atoms with van der Waals surface area (Å²) in [5, 5.41) is 3.17. The first-order valence-electron chi connectivity index (χ1n) is 7.38. The van der Waals surface area contributed by atoms with Gasteiger partial charge in [0.2, 0.25) is 0 Å². The number of rotatable bonds is 4. The monoisotopic (exact) mass is 301 g/mol. The van der Waals surface area contributed by atoms with Gasteiger partial charge in [-0.15, -0.1) is 0 Å². The molecule has 0 bridgehead atoms. The zero-order valence-corrected chi connectivity index (χ0v) is 12.4. The second-order valence-electron chi connectivity index (χ2n) is 5.70. The van der Waals surface area contributed by atoms with Crippen molar-refractivity contribution in [1.82, 2.24) is 5.32 Å². The highest BCUT2D eigenvalue weighted by atomic mass is 19.4. The smallest absolute Gasteiger partial charge is 0.393 e. The van der Waals surface area contributed by atoms with Crippen LogP contribution in [0.4, 0.5) is 13.2 Å². The van der Waals surface area contributed by atoms with Crippen LogP contribution in [0, 0.1) is 5.92 Å². The summed E-state index contributed by atoms with van der Waals surface area (Å²) < 4.78 is 44.5. The summed E-state index contributed by atoms with van der Waals surface area (Å²) in [4.78, 5) is 0. The highest BCUT2D eigenvalue weighted by Crippen LogP contribution is 2.38. The van der Waals surface area contributed by atoms with Crippen LogP contribution in [0.25, 0.3) is 0 Å². The van der Waals surface area contributed by atoms with Crippen molar-refractivity contribution in [3.63, 3.8) is 0 Å². The maximum Gasteiger partial charge on any atom is 0.393 e. The molecule has 1 aliphatic rings. The van der Waals surface area contributed by atoms with E-state index < -0.39 is 18.1 Å². The van der Waals surface area contributed by atoms with Gasteiger partial charge in [0.05, 0.1) is 13.0 Å². The molecule has 0 spiro atoms. The molecule has 0 amide bonds. The van der Waals surface area contributed by atoms with Crippen LogP contribution < -0.4 is 10.1 Å². The first-order valence-corrected chi connectivity index (χ1v) is 7.38. The molecule has 5 heteroatoms. The minimum atomic E-state index is -4.12. The van der Waals surface area contributed by atoms with E-state index in [0.717, 1.165) is 17.7 Å². The van der Waals surface area contributed by atoms with Crippen LogP contribution in [0.2, 0.25) is 0 Å². The summed E-state index contributed by atoms with van der Waals surface area (Å²) in [6.45, 7) is 1.90. The molecule has 1 N–H and O–H groups in total. The fraction of sp³-hybridized carbons (Fsp3) is 0.625. The molecule has 1 aliphatic carbocycles. The Balaban J connectivity index is 2.07. The van der Waals surface area contributed by atoms with Crippen LogP contribution in [0.5, 0.6) is 5.75 Å².